The summed E-state index contributed by atoms with van der Waals surface area (Å²) in [6, 6.07) is 11.5. The Balaban J connectivity index is 1.27. The van der Waals surface area contributed by atoms with Crippen LogP contribution in [0.1, 0.15) is 59.0 Å². The number of aryl methyl sites for hydroxylation is 2. The number of fused-ring (bicyclic) bond motifs is 1. The summed E-state index contributed by atoms with van der Waals surface area (Å²) in [5, 5.41) is 3.02. The molecule has 0 bridgehead atoms. The number of carbonyl (C=O) groups is 2. The van der Waals surface area contributed by atoms with Crippen molar-refractivity contribution in [1.82, 2.24) is 9.88 Å². The molecule has 1 saturated carbocycles. The number of benzene rings is 2. The SMILES string of the molecule is Cc1cc(C)cc(C(=O)N2CCCC(C(=O)Nc3ccc4oc(C5CC5)nc4c3)C2)c1. The minimum atomic E-state index is -0.223. The summed E-state index contributed by atoms with van der Waals surface area (Å²) in [5.41, 5.74) is 5.08. The molecule has 1 unspecified atom stereocenters. The number of carbonyl (C=O) groups excluding carboxylic acids is 2. The average molecular weight is 418 g/mol. The molecule has 2 aromatic carbocycles. The third-order valence-electron chi connectivity index (χ3n) is 6.15. The zero-order chi connectivity index (χ0) is 21.5. The van der Waals surface area contributed by atoms with Crippen LogP contribution in [-0.2, 0) is 4.79 Å². The molecule has 5 rings (SSSR count). The van der Waals surface area contributed by atoms with Gasteiger partial charge in [0.05, 0.1) is 5.92 Å². The van der Waals surface area contributed by atoms with Crippen molar-refractivity contribution in [2.75, 3.05) is 18.4 Å². The number of nitrogens with one attached hydrogen (secondary N) is 1. The van der Waals surface area contributed by atoms with Crippen LogP contribution in [0.2, 0.25) is 0 Å². The van der Waals surface area contributed by atoms with E-state index in [2.05, 4.69) is 16.4 Å². The molecule has 2 fully saturated rings. The summed E-state index contributed by atoms with van der Waals surface area (Å²) >= 11 is 0. The Morgan fingerprint density at radius 2 is 1.84 bits per heavy atom. The number of amides is 2. The Labute approximate surface area is 181 Å². The normalized spacial score (nSPS) is 18.9. The first-order chi connectivity index (χ1) is 15.0. The Bertz CT molecular complexity index is 1140. The molecule has 1 saturated heterocycles. The van der Waals surface area contributed by atoms with Crippen molar-refractivity contribution in [3.8, 4) is 0 Å². The van der Waals surface area contributed by atoms with Gasteiger partial charge >= 0.3 is 0 Å². The van der Waals surface area contributed by atoms with Crippen LogP contribution < -0.4 is 5.32 Å². The summed E-state index contributed by atoms with van der Waals surface area (Å²) in [5.74, 6) is 0.974. The Hall–Kier alpha value is -3.15. The van der Waals surface area contributed by atoms with Gasteiger partial charge in [0, 0.05) is 30.3 Å². The first-order valence-electron chi connectivity index (χ1n) is 11.1. The molecule has 3 aromatic rings. The number of anilines is 1. The zero-order valence-corrected chi connectivity index (χ0v) is 18.0. The van der Waals surface area contributed by atoms with E-state index in [0.29, 0.717) is 30.3 Å². The maximum absolute atomic E-state index is 13.0. The van der Waals surface area contributed by atoms with Crippen molar-refractivity contribution in [1.29, 1.82) is 0 Å². The monoisotopic (exact) mass is 417 g/mol. The number of piperidine rings is 1. The van der Waals surface area contributed by atoms with Gasteiger partial charge in [0.15, 0.2) is 11.5 Å². The van der Waals surface area contributed by atoms with Crippen LogP contribution >= 0.6 is 0 Å². The molecule has 1 atom stereocenters. The first kappa shape index (κ1) is 19.8. The summed E-state index contributed by atoms with van der Waals surface area (Å²) in [4.78, 5) is 32.3. The van der Waals surface area contributed by atoms with E-state index in [0.717, 1.165) is 53.8 Å². The van der Waals surface area contributed by atoms with Crippen LogP contribution in [-0.4, -0.2) is 34.8 Å². The number of hydrogen-bond donors (Lipinski definition) is 1. The average Bonchev–Trinajstić information content (AvgIpc) is 3.52. The van der Waals surface area contributed by atoms with Gasteiger partial charge < -0.3 is 14.6 Å². The van der Waals surface area contributed by atoms with Crippen LogP contribution in [0.25, 0.3) is 11.1 Å². The third kappa shape index (κ3) is 4.20. The number of rotatable bonds is 4. The van der Waals surface area contributed by atoms with Crippen molar-refractivity contribution in [2.24, 2.45) is 5.92 Å². The van der Waals surface area contributed by atoms with Crippen LogP contribution in [0.3, 0.4) is 0 Å². The predicted molar refractivity (Wildman–Crippen MR) is 119 cm³/mol. The van der Waals surface area contributed by atoms with Gasteiger partial charge in [-0.3, -0.25) is 9.59 Å². The van der Waals surface area contributed by atoms with Gasteiger partial charge in [-0.2, -0.15) is 0 Å². The standard InChI is InChI=1S/C25H27N3O3/c1-15-10-16(2)12-19(11-15)25(30)28-9-3-4-18(14-28)23(29)26-20-7-8-22-21(13-20)27-24(31-22)17-5-6-17/h7-8,10-13,17-18H,3-6,9,14H2,1-2H3,(H,26,29). The maximum Gasteiger partial charge on any atom is 0.253 e. The smallest absolute Gasteiger partial charge is 0.253 e. The van der Waals surface area contributed by atoms with Gasteiger partial charge in [0.25, 0.3) is 5.91 Å². The summed E-state index contributed by atoms with van der Waals surface area (Å²) < 4.78 is 5.80. The molecule has 1 aliphatic carbocycles. The van der Waals surface area contributed by atoms with E-state index in [1.807, 2.05) is 49.1 Å². The van der Waals surface area contributed by atoms with Crippen LogP contribution in [0.4, 0.5) is 5.69 Å². The third-order valence-corrected chi connectivity index (χ3v) is 6.15. The highest BCUT2D eigenvalue weighted by molar-refractivity contribution is 5.97. The largest absolute Gasteiger partial charge is 0.440 e. The molecule has 6 heteroatoms. The van der Waals surface area contributed by atoms with E-state index in [-0.39, 0.29) is 17.7 Å². The second-order valence-corrected chi connectivity index (χ2v) is 8.96. The topological polar surface area (TPSA) is 75.4 Å². The zero-order valence-electron chi connectivity index (χ0n) is 18.0. The summed E-state index contributed by atoms with van der Waals surface area (Å²) in [7, 11) is 0. The predicted octanol–water partition coefficient (Wildman–Crippen LogP) is 4.81. The van der Waals surface area contributed by atoms with Gasteiger partial charge in [-0.05, 0) is 69.9 Å². The maximum atomic E-state index is 13.0. The molecule has 2 amide bonds. The minimum absolute atomic E-state index is 0.000854. The Morgan fingerprint density at radius 1 is 1.06 bits per heavy atom. The van der Waals surface area contributed by atoms with Gasteiger partial charge in [-0.1, -0.05) is 17.2 Å². The second-order valence-electron chi connectivity index (χ2n) is 8.96. The Kier molecular flexibility index (Phi) is 5.00. The number of aromatic nitrogens is 1. The highest BCUT2D eigenvalue weighted by Crippen LogP contribution is 2.40. The lowest BCUT2D eigenvalue weighted by Crippen LogP contribution is -2.43. The highest BCUT2D eigenvalue weighted by atomic mass is 16.3. The molecule has 31 heavy (non-hydrogen) atoms. The number of nitrogens with zero attached hydrogens (tertiary/aromatic N) is 2. The fourth-order valence-corrected chi connectivity index (χ4v) is 4.43. The van der Waals surface area contributed by atoms with Crippen LogP contribution in [0, 0.1) is 19.8 Å². The molecule has 2 aliphatic rings. The van der Waals surface area contributed by atoms with Crippen molar-refractivity contribution < 1.29 is 14.0 Å². The molecule has 0 spiro atoms. The number of hydrogen-bond acceptors (Lipinski definition) is 4. The van der Waals surface area contributed by atoms with Crippen molar-refractivity contribution in [2.45, 2.75) is 45.4 Å². The molecular weight excluding hydrogens is 390 g/mol. The lowest BCUT2D eigenvalue weighted by Gasteiger charge is -2.32. The van der Waals surface area contributed by atoms with Gasteiger partial charge in [-0.25, -0.2) is 4.98 Å². The molecule has 2 heterocycles. The van der Waals surface area contributed by atoms with Crippen LogP contribution in [0.15, 0.2) is 40.8 Å². The van der Waals surface area contributed by atoms with E-state index in [9.17, 15) is 9.59 Å². The lowest BCUT2D eigenvalue weighted by molar-refractivity contribution is -0.121. The number of oxazole rings is 1. The van der Waals surface area contributed by atoms with Crippen LogP contribution in [0.5, 0.6) is 0 Å². The van der Waals surface area contributed by atoms with Crippen molar-refractivity contribution in [3.63, 3.8) is 0 Å². The van der Waals surface area contributed by atoms with E-state index in [1.54, 1.807) is 0 Å². The highest BCUT2D eigenvalue weighted by Gasteiger charge is 2.30. The molecule has 1 aromatic heterocycles. The fourth-order valence-electron chi connectivity index (χ4n) is 4.43. The first-order valence-corrected chi connectivity index (χ1v) is 11.1. The van der Waals surface area contributed by atoms with Crippen molar-refractivity contribution in [3.05, 3.63) is 59.0 Å². The van der Waals surface area contributed by atoms with E-state index < -0.39 is 0 Å². The van der Waals surface area contributed by atoms with E-state index >= 15 is 0 Å². The molecule has 1 N–H and O–H groups in total. The summed E-state index contributed by atoms with van der Waals surface area (Å²) in [6.45, 7) is 5.12. The van der Waals surface area contributed by atoms with E-state index in [1.165, 1.54) is 0 Å². The van der Waals surface area contributed by atoms with Gasteiger partial charge in [0.2, 0.25) is 5.91 Å². The van der Waals surface area contributed by atoms with Crippen molar-refractivity contribution >= 4 is 28.6 Å². The van der Waals surface area contributed by atoms with Gasteiger partial charge in [0.1, 0.15) is 5.52 Å². The molecular formula is C25H27N3O3. The summed E-state index contributed by atoms with van der Waals surface area (Å²) in [6.07, 6.45) is 3.87. The quantitative estimate of drug-likeness (QED) is 0.661. The fraction of sp³-hybridized carbons (Fsp3) is 0.400. The number of likely N-dealkylation sites (tertiary alicyclic amines) is 1. The molecule has 1 aliphatic heterocycles. The van der Waals surface area contributed by atoms with Gasteiger partial charge in [-0.15, -0.1) is 0 Å². The second kappa shape index (κ2) is 7.84. The minimum Gasteiger partial charge on any atom is -0.440 e. The lowest BCUT2D eigenvalue weighted by atomic mass is 9.96. The molecule has 160 valence electrons. The Morgan fingerprint density at radius 3 is 2.58 bits per heavy atom. The molecule has 6 nitrogen and oxygen atoms in total. The van der Waals surface area contributed by atoms with E-state index in [4.69, 9.17) is 4.42 Å². The molecule has 0 radical (unpaired) electrons.